The summed E-state index contributed by atoms with van der Waals surface area (Å²) in [7, 11) is 1.61. The lowest BCUT2D eigenvalue weighted by atomic mass is 10.1. The van der Waals surface area contributed by atoms with Crippen LogP contribution in [0.2, 0.25) is 5.02 Å². The van der Waals surface area contributed by atoms with Gasteiger partial charge in [-0.2, -0.15) is 0 Å². The minimum atomic E-state index is -0.0538. The molecular weight excluding hydrogens is 360 g/mol. The van der Waals surface area contributed by atoms with Gasteiger partial charge in [-0.1, -0.05) is 41.9 Å². The Morgan fingerprint density at radius 2 is 1.78 bits per heavy atom. The molecule has 0 aliphatic heterocycles. The van der Waals surface area contributed by atoms with Crippen LogP contribution < -0.4 is 4.74 Å². The van der Waals surface area contributed by atoms with Crippen LogP contribution >= 0.6 is 11.6 Å². The van der Waals surface area contributed by atoms with Crippen LogP contribution in [0, 0.1) is 0 Å². The molecule has 1 aromatic heterocycles. The van der Waals surface area contributed by atoms with Crippen LogP contribution in [0.4, 0.5) is 0 Å². The second-order valence-corrected chi connectivity index (χ2v) is 6.77. The monoisotopic (exact) mass is 382 g/mol. The Bertz CT molecular complexity index is 871. The second-order valence-electron chi connectivity index (χ2n) is 6.36. The first kappa shape index (κ1) is 19.4. The highest BCUT2D eigenvalue weighted by atomic mass is 35.5. The maximum absolute atomic E-state index is 9.59. The molecule has 3 rings (SSSR count). The van der Waals surface area contributed by atoms with Crippen molar-refractivity contribution >= 4 is 11.6 Å². The summed E-state index contributed by atoms with van der Waals surface area (Å²) in [5.41, 5.74) is 3.96. The lowest BCUT2D eigenvalue weighted by molar-refractivity contribution is 0.243. The van der Waals surface area contributed by atoms with Crippen LogP contribution in [0.15, 0.2) is 66.9 Å². The summed E-state index contributed by atoms with van der Waals surface area (Å²) in [6.45, 7) is 2.06. The Kier molecular flexibility index (Phi) is 6.82. The first-order valence-electron chi connectivity index (χ1n) is 8.82. The fourth-order valence-electron chi connectivity index (χ4n) is 3.07. The summed E-state index contributed by atoms with van der Waals surface area (Å²) in [6, 6.07) is 19.7. The number of halogens is 1. The van der Waals surface area contributed by atoms with Crippen molar-refractivity contribution in [2.24, 2.45) is 0 Å². The van der Waals surface area contributed by atoms with E-state index in [-0.39, 0.29) is 6.61 Å². The minimum absolute atomic E-state index is 0.0538. The van der Waals surface area contributed by atoms with Gasteiger partial charge in [0.05, 0.1) is 19.4 Å². The van der Waals surface area contributed by atoms with E-state index in [0.29, 0.717) is 25.4 Å². The van der Waals surface area contributed by atoms with Gasteiger partial charge in [-0.05, 0) is 41.5 Å². The van der Waals surface area contributed by atoms with Crippen molar-refractivity contribution in [3.05, 3.63) is 94.3 Å². The van der Waals surface area contributed by atoms with E-state index in [1.54, 1.807) is 13.3 Å². The molecular formula is C22H23ClN2O2. The molecule has 0 aliphatic rings. The molecule has 2 aromatic carbocycles. The molecule has 0 spiro atoms. The largest absolute Gasteiger partial charge is 0.496 e. The molecule has 0 unspecified atom stereocenters. The molecule has 0 saturated carbocycles. The quantitative estimate of drug-likeness (QED) is 0.625. The van der Waals surface area contributed by atoms with Gasteiger partial charge in [0.2, 0.25) is 0 Å². The van der Waals surface area contributed by atoms with Gasteiger partial charge in [-0.15, -0.1) is 0 Å². The number of hydrogen-bond acceptors (Lipinski definition) is 4. The second kappa shape index (κ2) is 9.51. The topological polar surface area (TPSA) is 45.6 Å². The van der Waals surface area contributed by atoms with Crippen LogP contribution in [0.3, 0.4) is 0 Å². The molecule has 0 atom stereocenters. The molecule has 4 nitrogen and oxygen atoms in total. The fourth-order valence-corrected chi connectivity index (χ4v) is 3.26. The highest BCUT2D eigenvalue weighted by molar-refractivity contribution is 6.31. The normalized spacial score (nSPS) is 11.0. The van der Waals surface area contributed by atoms with E-state index in [4.69, 9.17) is 16.3 Å². The smallest absolute Gasteiger partial charge is 0.124 e. The number of nitrogens with zero attached hydrogens (tertiary/aromatic N) is 2. The van der Waals surface area contributed by atoms with Crippen LogP contribution in [0.25, 0.3) is 0 Å². The highest BCUT2D eigenvalue weighted by Gasteiger charge is 2.12. The molecule has 0 amide bonds. The third kappa shape index (κ3) is 5.30. The van der Waals surface area contributed by atoms with Crippen molar-refractivity contribution in [1.82, 2.24) is 9.88 Å². The molecule has 0 fully saturated rings. The van der Waals surface area contributed by atoms with Crippen molar-refractivity contribution in [1.29, 1.82) is 0 Å². The van der Waals surface area contributed by atoms with E-state index in [1.807, 2.05) is 60.7 Å². The number of rotatable bonds is 8. The van der Waals surface area contributed by atoms with E-state index in [2.05, 4.69) is 9.88 Å². The number of methoxy groups -OCH3 is 1. The SMILES string of the molecule is COc1ccc(CN(Cc2ccccn2)Cc2ccccc2Cl)cc1CO. The van der Waals surface area contributed by atoms with Crippen LogP contribution in [-0.4, -0.2) is 22.1 Å². The fraction of sp³-hybridized carbons (Fsp3) is 0.227. The maximum Gasteiger partial charge on any atom is 0.124 e. The lowest BCUT2D eigenvalue weighted by Crippen LogP contribution is -2.23. The number of pyridine rings is 1. The predicted octanol–water partition coefficient (Wildman–Crippen LogP) is 4.44. The van der Waals surface area contributed by atoms with Gasteiger partial charge < -0.3 is 9.84 Å². The Morgan fingerprint density at radius 3 is 2.48 bits per heavy atom. The Labute approximate surface area is 165 Å². The third-order valence-corrected chi connectivity index (χ3v) is 4.75. The lowest BCUT2D eigenvalue weighted by Gasteiger charge is -2.23. The predicted molar refractivity (Wildman–Crippen MR) is 108 cm³/mol. The summed E-state index contributed by atoms with van der Waals surface area (Å²) in [6.07, 6.45) is 1.81. The average molecular weight is 383 g/mol. The molecule has 0 bridgehead atoms. The molecule has 0 saturated heterocycles. The first-order valence-corrected chi connectivity index (χ1v) is 9.19. The average Bonchev–Trinajstić information content (AvgIpc) is 2.70. The van der Waals surface area contributed by atoms with Gasteiger partial charge in [-0.25, -0.2) is 0 Å². The molecule has 5 heteroatoms. The van der Waals surface area contributed by atoms with E-state index in [9.17, 15) is 5.11 Å². The van der Waals surface area contributed by atoms with Crippen LogP contribution in [-0.2, 0) is 26.2 Å². The van der Waals surface area contributed by atoms with Crippen molar-refractivity contribution in [3.8, 4) is 5.75 Å². The number of aliphatic hydroxyl groups excluding tert-OH is 1. The molecule has 0 aliphatic carbocycles. The van der Waals surface area contributed by atoms with Crippen LogP contribution in [0.1, 0.15) is 22.4 Å². The van der Waals surface area contributed by atoms with Crippen molar-refractivity contribution < 1.29 is 9.84 Å². The van der Waals surface area contributed by atoms with Gasteiger partial charge in [0.1, 0.15) is 5.75 Å². The summed E-state index contributed by atoms with van der Waals surface area (Å²) in [5.74, 6) is 0.698. The van der Waals surface area contributed by atoms with Crippen molar-refractivity contribution in [2.45, 2.75) is 26.2 Å². The number of benzene rings is 2. The Balaban J connectivity index is 1.84. The molecule has 140 valence electrons. The first-order chi connectivity index (χ1) is 13.2. The van der Waals surface area contributed by atoms with Gasteiger partial charge in [0.25, 0.3) is 0 Å². The zero-order valence-corrected chi connectivity index (χ0v) is 16.1. The molecule has 1 heterocycles. The molecule has 3 aromatic rings. The van der Waals surface area contributed by atoms with Gasteiger partial charge in [-0.3, -0.25) is 9.88 Å². The zero-order valence-electron chi connectivity index (χ0n) is 15.3. The van der Waals surface area contributed by atoms with E-state index >= 15 is 0 Å². The molecule has 0 radical (unpaired) electrons. The number of aromatic nitrogens is 1. The van der Waals surface area contributed by atoms with E-state index < -0.39 is 0 Å². The number of hydrogen-bond donors (Lipinski definition) is 1. The summed E-state index contributed by atoms with van der Waals surface area (Å²) < 4.78 is 5.30. The van der Waals surface area contributed by atoms with Crippen molar-refractivity contribution in [2.75, 3.05) is 7.11 Å². The molecule has 27 heavy (non-hydrogen) atoms. The van der Waals surface area contributed by atoms with Gasteiger partial charge in [0, 0.05) is 36.4 Å². The van der Waals surface area contributed by atoms with Gasteiger partial charge >= 0.3 is 0 Å². The maximum atomic E-state index is 9.59. The third-order valence-electron chi connectivity index (χ3n) is 4.38. The van der Waals surface area contributed by atoms with Crippen LogP contribution in [0.5, 0.6) is 5.75 Å². The summed E-state index contributed by atoms with van der Waals surface area (Å²) in [4.78, 5) is 6.73. The summed E-state index contributed by atoms with van der Waals surface area (Å²) >= 11 is 6.37. The Hall–Kier alpha value is -2.40. The van der Waals surface area contributed by atoms with Gasteiger partial charge in [0.15, 0.2) is 0 Å². The number of ether oxygens (including phenoxy) is 1. The van der Waals surface area contributed by atoms with E-state index in [0.717, 1.165) is 27.4 Å². The molecule has 1 N–H and O–H groups in total. The summed E-state index contributed by atoms with van der Waals surface area (Å²) in [5, 5.41) is 10.4. The van der Waals surface area contributed by atoms with Crippen molar-refractivity contribution in [3.63, 3.8) is 0 Å². The minimum Gasteiger partial charge on any atom is -0.496 e. The zero-order chi connectivity index (χ0) is 19.1. The number of aliphatic hydroxyl groups is 1. The highest BCUT2D eigenvalue weighted by Crippen LogP contribution is 2.23. The van der Waals surface area contributed by atoms with E-state index in [1.165, 1.54) is 0 Å². The standard InChI is InChI=1S/C22H23ClN2O2/c1-27-22-10-9-17(12-19(22)16-26)13-25(15-20-7-4-5-11-24-20)14-18-6-2-3-8-21(18)23/h2-12,26H,13-16H2,1H3. The Morgan fingerprint density at radius 1 is 0.963 bits per heavy atom.